The van der Waals surface area contributed by atoms with Crippen LogP contribution in [0.25, 0.3) is 10.8 Å². The Hall–Kier alpha value is -3.60. The molecule has 2 atom stereocenters. The number of carbonyl (C=O) groups excluding carboxylic acids is 2. The van der Waals surface area contributed by atoms with Gasteiger partial charge in [0.25, 0.3) is 0 Å². The molecule has 5 nitrogen and oxygen atoms in total. The van der Waals surface area contributed by atoms with Gasteiger partial charge in [0.1, 0.15) is 5.92 Å². The maximum Gasteiger partial charge on any atom is 0.315 e. The third-order valence-corrected chi connectivity index (χ3v) is 7.27. The summed E-state index contributed by atoms with van der Waals surface area (Å²) in [6.07, 6.45) is 0.291. The SMILES string of the molecule is COC(=O)[C@H]1C2=C(C(=O)CC1(C)C)[C@H](c1ccc(N(C)C)cc1)c1c(ccc3ccccc13)N2. The van der Waals surface area contributed by atoms with Gasteiger partial charge in [-0.2, -0.15) is 0 Å². The fraction of sp³-hybridized carbons (Fsp3) is 0.310. The molecular weight excluding hydrogens is 424 g/mol. The first-order valence-electron chi connectivity index (χ1n) is 11.6. The quantitative estimate of drug-likeness (QED) is 0.529. The van der Waals surface area contributed by atoms with E-state index in [0.717, 1.165) is 33.3 Å². The lowest BCUT2D eigenvalue weighted by Crippen LogP contribution is -2.44. The van der Waals surface area contributed by atoms with Crippen molar-refractivity contribution in [3.05, 3.63) is 83.1 Å². The van der Waals surface area contributed by atoms with Crippen molar-refractivity contribution in [2.24, 2.45) is 11.3 Å². The Labute approximate surface area is 200 Å². The van der Waals surface area contributed by atoms with E-state index < -0.39 is 11.3 Å². The Bertz CT molecular complexity index is 1340. The molecule has 0 saturated heterocycles. The van der Waals surface area contributed by atoms with Crippen LogP contribution in [-0.4, -0.2) is 33.0 Å². The number of esters is 1. The summed E-state index contributed by atoms with van der Waals surface area (Å²) < 4.78 is 5.22. The first kappa shape index (κ1) is 22.2. The van der Waals surface area contributed by atoms with Crippen molar-refractivity contribution in [1.82, 2.24) is 0 Å². The van der Waals surface area contributed by atoms with Crippen molar-refractivity contribution in [3.63, 3.8) is 0 Å². The third kappa shape index (κ3) is 3.38. The molecule has 0 spiro atoms. The summed E-state index contributed by atoms with van der Waals surface area (Å²) in [5.74, 6) is -1.06. The third-order valence-electron chi connectivity index (χ3n) is 7.27. The monoisotopic (exact) mass is 454 g/mol. The maximum absolute atomic E-state index is 13.7. The summed E-state index contributed by atoms with van der Waals surface area (Å²) in [6, 6.07) is 20.8. The molecule has 34 heavy (non-hydrogen) atoms. The lowest BCUT2D eigenvalue weighted by atomic mass is 9.63. The second-order valence-electron chi connectivity index (χ2n) is 10.2. The average molecular weight is 455 g/mol. The van der Waals surface area contributed by atoms with Crippen LogP contribution in [0, 0.1) is 11.3 Å². The van der Waals surface area contributed by atoms with E-state index in [-0.39, 0.29) is 17.7 Å². The molecule has 3 aromatic carbocycles. The summed E-state index contributed by atoms with van der Waals surface area (Å²) in [6.45, 7) is 3.93. The molecule has 0 aromatic heterocycles. The number of ketones is 1. The predicted octanol–water partition coefficient (Wildman–Crippen LogP) is 5.51. The molecule has 0 bridgehead atoms. The highest BCUT2D eigenvalue weighted by Gasteiger charge is 2.50. The Morgan fingerprint density at radius 1 is 1.03 bits per heavy atom. The minimum atomic E-state index is -0.552. The van der Waals surface area contributed by atoms with Gasteiger partial charge >= 0.3 is 5.97 Å². The number of Topliss-reactive ketones (excluding diaryl/α,β-unsaturated/α-hetero) is 1. The standard InChI is InChI=1S/C29H30N2O3/c1-29(2)16-22(32)25-23(18-10-13-19(14-11-18)31(3)4)24-20-9-7-6-8-17(20)12-15-21(24)30-27(25)26(29)28(33)34-5/h6-15,23,26,30H,16H2,1-5H3/t23-,26-/m1/s1. The second-order valence-corrected chi connectivity index (χ2v) is 10.2. The lowest BCUT2D eigenvalue weighted by Gasteiger charge is -2.44. The summed E-state index contributed by atoms with van der Waals surface area (Å²) in [7, 11) is 5.43. The van der Waals surface area contributed by atoms with Crippen molar-refractivity contribution in [2.45, 2.75) is 26.2 Å². The van der Waals surface area contributed by atoms with Crippen LogP contribution in [0.3, 0.4) is 0 Å². The number of allylic oxidation sites excluding steroid dienone is 1. The van der Waals surface area contributed by atoms with Gasteiger partial charge in [-0.05, 0) is 45.5 Å². The fourth-order valence-electron chi connectivity index (χ4n) is 5.62. The van der Waals surface area contributed by atoms with E-state index in [2.05, 4.69) is 58.7 Å². The molecule has 0 radical (unpaired) electrons. The first-order valence-corrected chi connectivity index (χ1v) is 11.6. The van der Waals surface area contributed by atoms with Gasteiger partial charge in [-0.3, -0.25) is 9.59 Å². The average Bonchev–Trinajstić information content (AvgIpc) is 2.81. The van der Waals surface area contributed by atoms with Crippen molar-refractivity contribution >= 4 is 33.9 Å². The number of nitrogens with zero attached hydrogens (tertiary/aromatic N) is 1. The molecule has 5 rings (SSSR count). The number of benzene rings is 3. The molecule has 1 N–H and O–H groups in total. The van der Waals surface area contributed by atoms with Gasteiger partial charge in [-0.1, -0.05) is 56.3 Å². The van der Waals surface area contributed by atoms with Crippen LogP contribution in [-0.2, 0) is 14.3 Å². The van der Waals surface area contributed by atoms with Crippen LogP contribution >= 0.6 is 0 Å². The van der Waals surface area contributed by atoms with E-state index in [1.165, 1.54) is 7.11 Å². The molecule has 5 heteroatoms. The van der Waals surface area contributed by atoms with E-state index in [0.29, 0.717) is 17.7 Å². The molecule has 0 saturated carbocycles. The number of methoxy groups -OCH3 is 1. The summed E-state index contributed by atoms with van der Waals surface area (Å²) >= 11 is 0. The predicted molar refractivity (Wildman–Crippen MR) is 136 cm³/mol. The fourth-order valence-corrected chi connectivity index (χ4v) is 5.62. The van der Waals surface area contributed by atoms with Gasteiger partial charge in [0.2, 0.25) is 0 Å². The summed E-state index contributed by atoms with van der Waals surface area (Å²) in [4.78, 5) is 28.8. The Morgan fingerprint density at radius 3 is 2.41 bits per heavy atom. The summed E-state index contributed by atoms with van der Waals surface area (Å²) in [5, 5.41) is 5.75. The number of hydrogen-bond donors (Lipinski definition) is 1. The summed E-state index contributed by atoms with van der Waals surface area (Å²) in [5.41, 5.74) is 4.94. The minimum absolute atomic E-state index is 0.0768. The van der Waals surface area contributed by atoms with E-state index in [1.807, 2.05) is 40.1 Å². The molecule has 0 fully saturated rings. The molecule has 0 unspecified atom stereocenters. The van der Waals surface area contributed by atoms with Crippen LogP contribution in [0.2, 0.25) is 0 Å². The van der Waals surface area contributed by atoms with Gasteiger partial charge in [0, 0.05) is 49.1 Å². The Morgan fingerprint density at radius 2 is 1.74 bits per heavy atom. The van der Waals surface area contributed by atoms with Crippen LogP contribution in [0.15, 0.2) is 71.9 Å². The largest absolute Gasteiger partial charge is 0.468 e. The second kappa shape index (κ2) is 8.01. The van der Waals surface area contributed by atoms with Crippen molar-refractivity contribution in [2.75, 3.05) is 31.4 Å². The van der Waals surface area contributed by atoms with Crippen LogP contribution < -0.4 is 10.2 Å². The smallest absolute Gasteiger partial charge is 0.315 e. The van der Waals surface area contributed by atoms with Gasteiger partial charge in [-0.25, -0.2) is 0 Å². The number of carbonyl (C=O) groups is 2. The zero-order chi connectivity index (χ0) is 24.2. The van der Waals surface area contributed by atoms with Gasteiger partial charge in [0.15, 0.2) is 5.78 Å². The van der Waals surface area contributed by atoms with Crippen LogP contribution in [0.4, 0.5) is 11.4 Å². The number of nitrogens with one attached hydrogen (secondary N) is 1. The zero-order valence-corrected chi connectivity index (χ0v) is 20.3. The molecule has 174 valence electrons. The van der Waals surface area contributed by atoms with E-state index >= 15 is 0 Å². The Kier molecular flexibility index (Phi) is 5.23. The molecule has 1 heterocycles. The maximum atomic E-state index is 13.7. The zero-order valence-electron chi connectivity index (χ0n) is 20.3. The number of ether oxygens (including phenoxy) is 1. The van der Waals surface area contributed by atoms with Gasteiger partial charge in [0.05, 0.1) is 7.11 Å². The molecule has 0 amide bonds. The topological polar surface area (TPSA) is 58.6 Å². The highest BCUT2D eigenvalue weighted by molar-refractivity contribution is 6.06. The van der Waals surface area contributed by atoms with E-state index in [9.17, 15) is 9.59 Å². The number of fused-ring (bicyclic) bond motifs is 3. The van der Waals surface area contributed by atoms with Crippen molar-refractivity contribution < 1.29 is 14.3 Å². The Balaban J connectivity index is 1.81. The number of hydrogen-bond acceptors (Lipinski definition) is 5. The van der Waals surface area contributed by atoms with Crippen LogP contribution in [0.1, 0.15) is 37.3 Å². The van der Waals surface area contributed by atoms with E-state index in [1.54, 1.807) is 0 Å². The van der Waals surface area contributed by atoms with Crippen LogP contribution in [0.5, 0.6) is 0 Å². The lowest BCUT2D eigenvalue weighted by molar-refractivity contribution is -0.148. The molecule has 3 aromatic rings. The minimum Gasteiger partial charge on any atom is -0.468 e. The molecule has 1 aliphatic heterocycles. The van der Waals surface area contributed by atoms with Gasteiger partial charge in [-0.15, -0.1) is 0 Å². The first-order chi connectivity index (χ1) is 16.2. The normalized spacial score (nSPS) is 20.9. The highest BCUT2D eigenvalue weighted by Crippen LogP contribution is 2.53. The molecule has 1 aliphatic carbocycles. The van der Waals surface area contributed by atoms with Crippen molar-refractivity contribution in [3.8, 4) is 0 Å². The number of rotatable bonds is 3. The molecule has 2 aliphatic rings. The van der Waals surface area contributed by atoms with E-state index in [4.69, 9.17) is 4.74 Å². The molecular formula is C29H30N2O3. The number of anilines is 2. The highest BCUT2D eigenvalue weighted by atomic mass is 16.5. The van der Waals surface area contributed by atoms with Gasteiger partial charge < -0.3 is 15.0 Å². The van der Waals surface area contributed by atoms with Crippen molar-refractivity contribution in [1.29, 1.82) is 0 Å².